The van der Waals surface area contributed by atoms with Crippen molar-refractivity contribution in [3.05, 3.63) is 36.5 Å². The van der Waals surface area contributed by atoms with Crippen LogP contribution in [0.15, 0.2) is 41.7 Å². The van der Waals surface area contributed by atoms with Gasteiger partial charge in [-0.2, -0.15) is 5.10 Å². The molecular weight excluding hydrogens is 388 g/mol. The lowest BCUT2D eigenvalue weighted by Crippen LogP contribution is -2.25. The third-order valence-electron chi connectivity index (χ3n) is 4.76. The Bertz CT molecular complexity index is 966. The number of aromatic nitrogens is 5. The molecule has 1 amide bonds. The highest BCUT2D eigenvalue weighted by Crippen LogP contribution is 2.27. The smallest absolute Gasteiger partial charge is 0.238 e. The van der Waals surface area contributed by atoms with Gasteiger partial charge in [-0.05, 0) is 44.5 Å². The maximum atomic E-state index is 12.7. The number of hydrogen-bond acceptors (Lipinski definition) is 6. The number of amides is 1. The van der Waals surface area contributed by atoms with Gasteiger partial charge in [0.05, 0.1) is 24.6 Å². The van der Waals surface area contributed by atoms with Gasteiger partial charge in [0.2, 0.25) is 5.91 Å². The number of nitrogens with zero attached hydrogens (tertiary/aromatic N) is 5. The Hall–Kier alpha value is -2.81. The quantitative estimate of drug-likeness (QED) is 0.565. The van der Waals surface area contributed by atoms with Crippen LogP contribution in [0.1, 0.15) is 33.2 Å². The molecule has 2 heterocycles. The third-order valence-corrected chi connectivity index (χ3v) is 5.90. The van der Waals surface area contributed by atoms with Crippen molar-refractivity contribution in [3.63, 3.8) is 0 Å². The first kappa shape index (κ1) is 20.9. The minimum Gasteiger partial charge on any atom is -0.497 e. The number of thioether (sulfide) groups is 1. The van der Waals surface area contributed by atoms with Crippen molar-refractivity contribution in [1.29, 1.82) is 0 Å². The fraction of sp³-hybridized carbons (Fsp3) is 0.400. The fourth-order valence-corrected chi connectivity index (χ4v) is 3.60. The molecule has 9 heteroatoms. The van der Waals surface area contributed by atoms with Crippen LogP contribution in [0.5, 0.6) is 5.75 Å². The zero-order valence-electron chi connectivity index (χ0n) is 17.3. The van der Waals surface area contributed by atoms with E-state index in [0.717, 1.165) is 23.6 Å². The van der Waals surface area contributed by atoms with Crippen molar-refractivity contribution in [2.45, 2.75) is 43.6 Å². The minimum absolute atomic E-state index is 0.103. The molecule has 3 rings (SSSR count). The average Bonchev–Trinajstić information content (AvgIpc) is 3.34. The highest BCUT2D eigenvalue weighted by molar-refractivity contribution is 8.00. The van der Waals surface area contributed by atoms with Crippen molar-refractivity contribution < 1.29 is 9.53 Å². The van der Waals surface area contributed by atoms with Crippen LogP contribution in [0.3, 0.4) is 0 Å². The van der Waals surface area contributed by atoms with E-state index >= 15 is 0 Å². The molecule has 1 aromatic carbocycles. The number of rotatable bonds is 8. The summed E-state index contributed by atoms with van der Waals surface area (Å²) in [7, 11) is 3.53. The Labute approximate surface area is 174 Å². The summed E-state index contributed by atoms with van der Waals surface area (Å²) in [4.78, 5) is 12.7. The number of hydrogen-bond donors (Lipinski definition) is 1. The Morgan fingerprint density at radius 3 is 2.59 bits per heavy atom. The second-order valence-electron chi connectivity index (χ2n) is 6.76. The van der Waals surface area contributed by atoms with E-state index in [4.69, 9.17) is 4.74 Å². The summed E-state index contributed by atoms with van der Waals surface area (Å²) in [5.74, 6) is 2.12. The van der Waals surface area contributed by atoms with E-state index in [1.165, 1.54) is 11.8 Å². The molecule has 0 spiro atoms. The monoisotopic (exact) mass is 414 g/mol. The molecule has 2 aromatic heterocycles. The standard InChI is InChI=1S/C20H26N6O2S/c1-6-13(2)26-17(11-12-21-26)22-19(27)14(3)29-20-24-23-18(25(20)4)15-7-9-16(28-5)10-8-15/h7-14H,6H2,1-5H3,(H,22,27)/t13-,14+/m0/s1. The molecule has 0 fully saturated rings. The van der Waals surface area contributed by atoms with Crippen molar-refractivity contribution >= 4 is 23.5 Å². The van der Waals surface area contributed by atoms with Crippen LogP contribution in [0.25, 0.3) is 11.4 Å². The van der Waals surface area contributed by atoms with Gasteiger partial charge in [-0.3, -0.25) is 4.79 Å². The van der Waals surface area contributed by atoms with Crippen LogP contribution in [-0.2, 0) is 11.8 Å². The predicted octanol–water partition coefficient (Wildman–Crippen LogP) is 3.78. The first-order valence-corrected chi connectivity index (χ1v) is 10.4. The summed E-state index contributed by atoms with van der Waals surface area (Å²) < 4.78 is 8.92. The third kappa shape index (κ3) is 4.61. The highest BCUT2D eigenvalue weighted by atomic mass is 32.2. The molecule has 3 aromatic rings. The molecule has 2 atom stereocenters. The number of nitrogens with one attached hydrogen (secondary N) is 1. The van der Waals surface area contributed by atoms with Crippen molar-refractivity contribution in [2.24, 2.45) is 7.05 Å². The van der Waals surface area contributed by atoms with Crippen LogP contribution < -0.4 is 10.1 Å². The maximum Gasteiger partial charge on any atom is 0.238 e. The second-order valence-corrected chi connectivity index (χ2v) is 8.07. The Balaban J connectivity index is 1.69. The van der Waals surface area contributed by atoms with Gasteiger partial charge < -0.3 is 14.6 Å². The van der Waals surface area contributed by atoms with Gasteiger partial charge in [0.15, 0.2) is 11.0 Å². The summed E-state index contributed by atoms with van der Waals surface area (Å²) in [5, 5.41) is 16.1. The molecular formula is C20H26N6O2S. The molecule has 0 radical (unpaired) electrons. The van der Waals surface area contributed by atoms with Gasteiger partial charge in [-0.25, -0.2) is 4.68 Å². The van der Waals surface area contributed by atoms with Gasteiger partial charge in [0.25, 0.3) is 0 Å². The molecule has 0 aliphatic rings. The van der Waals surface area contributed by atoms with Gasteiger partial charge in [0.1, 0.15) is 11.6 Å². The lowest BCUT2D eigenvalue weighted by molar-refractivity contribution is -0.115. The van der Waals surface area contributed by atoms with Crippen molar-refractivity contribution in [1.82, 2.24) is 24.5 Å². The van der Waals surface area contributed by atoms with Crippen molar-refractivity contribution in [2.75, 3.05) is 12.4 Å². The van der Waals surface area contributed by atoms with Gasteiger partial charge >= 0.3 is 0 Å². The van der Waals surface area contributed by atoms with E-state index in [2.05, 4.69) is 34.5 Å². The Kier molecular flexibility index (Phi) is 6.58. The van der Waals surface area contributed by atoms with Crippen LogP contribution in [-0.4, -0.2) is 42.8 Å². The number of carbonyl (C=O) groups is 1. The number of carbonyl (C=O) groups excluding carboxylic acids is 1. The lowest BCUT2D eigenvalue weighted by Gasteiger charge is -2.16. The molecule has 8 nitrogen and oxygen atoms in total. The molecule has 0 bridgehead atoms. The van der Waals surface area contributed by atoms with Crippen molar-refractivity contribution in [3.8, 4) is 17.1 Å². The first-order valence-electron chi connectivity index (χ1n) is 9.49. The Morgan fingerprint density at radius 2 is 1.93 bits per heavy atom. The Morgan fingerprint density at radius 1 is 1.21 bits per heavy atom. The zero-order valence-corrected chi connectivity index (χ0v) is 18.1. The molecule has 0 aliphatic carbocycles. The molecule has 29 heavy (non-hydrogen) atoms. The van der Waals surface area contributed by atoms with E-state index < -0.39 is 0 Å². The van der Waals surface area contributed by atoms with Crippen LogP contribution in [0.2, 0.25) is 0 Å². The van der Waals surface area contributed by atoms with Gasteiger partial charge in [-0.1, -0.05) is 18.7 Å². The molecule has 1 N–H and O–H groups in total. The first-order chi connectivity index (χ1) is 13.9. The molecule has 0 saturated carbocycles. The zero-order chi connectivity index (χ0) is 21.0. The number of benzene rings is 1. The van der Waals surface area contributed by atoms with Crippen LogP contribution in [0, 0.1) is 0 Å². The van der Waals surface area contributed by atoms with E-state index in [1.54, 1.807) is 13.3 Å². The van der Waals surface area contributed by atoms with E-state index in [0.29, 0.717) is 11.0 Å². The normalized spacial score (nSPS) is 13.1. The molecule has 154 valence electrons. The number of methoxy groups -OCH3 is 1. The van der Waals surface area contributed by atoms with Gasteiger partial charge in [0, 0.05) is 18.7 Å². The lowest BCUT2D eigenvalue weighted by atomic mass is 10.2. The van der Waals surface area contributed by atoms with Crippen LogP contribution >= 0.6 is 11.8 Å². The second kappa shape index (κ2) is 9.13. The summed E-state index contributed by atoms with van der Waals surface area (Å²) in [6.07, 6.45) is 2.63. The maximum absolute atomic E-state index is 12.7. The minimum atomic E-state index is -0.345. The molecule has 0 saturated heterocycles. The average molecular weight is 415 g/mol. The van der Waals surface area contributed by atoms with E-state index in [1.807, 2.05) is 53.6 Å². The topological polar surface area (TPSA) is 86.9 Å². The molecule has 0 unspecified atom stereocenters. The summed E-state index contributed by atoms with van der Waals surface area (Å²) >= 11 is 1.37. The predicted molar refractivity (Wildman–Crippen MR) is 114 cm³/mol. The SMILES string of the molecule is CC[C@H](C)n1nccc1NC(=O)[C@@H](C)Sc1nnc(-c2ccc(OC)cc2)n1C. The summed E-state index contributed by atoms with van der Waals surface area (Å²) in [6.45, 7) is 6.01. The highest BCUT2D eigenvalue weighted by Gasteiger charge is 2.21. The molecule has 0 aliphatic heterocycles. The summed E-state index contributed by atoms with van der Waals surface area (Å²) in [5.41, 5.74) is 0.933. The summed E-state index contributed by atoms with van der Waals surface area (Å²) in [6, 6.07) is 9.66. The fourth-order valence-electron chi connectivity index (χ4n) is 2.79. The van der Waals surface area contributed by atoms with Gasteiger partial charge in [-0.15, -0.1) is 10.2 Å². The number of ether oxygens (including phenoxy) is 1. The van der Waals surface area contributed by atoms with Crippen LogP contribution in [0.4, 0.5) is 5.82 Å². The van der Waals surface area contributed by atoms with E-state index in [9.17, 15) is 4.79 Å². The largest absolute Gasteiger partial charge is 0.497 e. The number of anilines is 1. The van der Waals surface area contributed by atoms with E-state index in [-0.39, 0.29) is 17.2 Å².